The van der Waals surface area contributed by atoms with E-state index >= 15 is 0 Å². The molecule has 244 valence electrons. The van der Waals surface area contributed by atoms with Crippen molar-refractivity contribution < 1.29 is 23.6 Å². The van der Waals surface area contributed by atoms with Crippen LogP contribution in [-0.2, 0) is 31.7 Å². The van der Waals surface area contributed by atoms with Crippen LogP contribution in [0.5, 0.6) is 5.75 Å². The lowest BCUT2D eigenvalue weighted by atomic mass is 9.43. The molecule has 0 radical (unpaired) electrons. The van der Waals surface area contributed by atoms with E-state index in [0.29, 0.717) is 34.4 Å². The van der Waals surface area contributed by atoms with Crippen molar-refractivity contribution >= 4 is 42.1 Å². The van der Waals surface area contributed by atoms with Gasteiger partial charge in [-0.05, 0) is 79.5 Å². The van der Waals surface area contributed by atoms with E-state index in [1.807, 2.05) is 36.4 Å². The minimum Gasteiger partial charge on any atom is -0.490 e. The summed E-state index contributed by atoms with van der Waals surface area (Å²) >= 11 is 13.1. The average molecular weight is 666 g/mol. The molecule has 2 amide bonds. The molecule has 2 aromatic rings. The second-order valence-electron chi connectivity index (χ2n) is 13.8. The van der Waals surface area contributed by atoms with E-state index < -0.39 is 7.12 Å². The summed E-state index contributed by atoms with van der Waals surface area (Å²) < 4.78 is 19.2. The van der Waals surface area contributed by atoms with Crippen LogP contribution in [0.25, 0.3) is 0 Å². The van der Waals surface area contributed by atoms with Gasteiger partial charge in [0, 0.05) is 14.1 Å². The summed E-state index contributed by atoms with van der Waals surface area (Å²) in [6, 6.07) is 15.4. The Morgan fingerprint density at radius 2 is 1.87 bits per heavy atom. The molecule has 0 unspecified atom stereocenters. The van der Waals surface area contributed by atoms with Crippen molar-refractivity contribution in [3.8, 4) is 11.8 Å². The molecule has 5 atom stereocenters. The van der Waals surface area contributed by atoms with Gasteiger partial charge in [-0.2, -0.15) is 5.26 Å². The molecule has 3 aliphatic carbocycles. The van der Waals surface area contributed by atoms with Crippen molar-refractivity contribution in [2.24, 2.45) is 17.3 Å². The normalized spacial score (nSPS) is 25.4. The smallest absolute Gasteiger partial charge is 0.482 e. The van der Waals surface area contributed by atoms with Gasteiger partial charge < -0.3 is 24.3 Å². The van der Waals surface area contributed by atoms with Crippen LogP contribution in [0.15, 0.2) is 53.6 Å². The Balaban J connectivity index is 1.25. The fourth-order valence-electron chi connectivity index (χ4n) is 7.44. The summed E-state index contributed by atoms with van der Waals surface area (Å²) in [6.45, 7) is 8.59. The summed E-state index contributed by atoms with van der Waals surface area (Å²) in [7, 11) is 2.62. The summed E-state index contributed by atoms with van der Waals surface area (Å²) in [6.07, 6.45) is 3.01. The van der Waals surface area contributed by atoms with E-state index in [1.54, 1.807) is 33.2 Å². The highest BCUT2D eigenvalue weighted by Gasteiger charge is 2.68. The molecule has 8 nitrogen and oxygen atoms in total. The zero-order valence-electron chi connectivity index (χ0n) is 27.4. The monoisotopic (exact) mass is 665 g/mol. The number of carbonyl (C=O) groups excluding carboxylic acids is 2. The zero-order valence-corrected chi connectivity index (χ0v) is 28.9. The van der Waals surface area contributed by atoms with Crippen LogP contribution in [-0.4, -0.2) is 62.2 Å². The molecule has 2 bridgehead atoms. The molecule has 4 fully saturated rings. The first kappa shape index (κ1) is 34.3. The van der Waals surface area contributed by atoms with Crippen molar-refractivity contribution in [2.75, 3.05) is 20.7 Å². The second-order valence-corrected chi connectivity index (χ2v) is 14.6. The molecule has 46 heavy (non-hydrogen) atoms. The fourth-order valence-corrected chi connectivity index (χ4v) is 7.99. The quantitative estimate of drug-likeness (QED) is 0.174. The van der Waals surface area contributed by atoms with Gasteiger partial charge in [-0.15, -0.1) is 0 Å². The molecule has 1 saturated heterocycles. The summed E-state index contributed by atoms with van der Waals surface area (Å²) in [5.41, 5.74) is 2.20. The molecule has 0 spiro atoms. The Kier molecular flexibility index (Phi) is 10.1. The number of nitrogens with one attached hydrogen (secondary N) is 1. The third-order valence-electron chi connectivity index (χ3n) is 10.3. The molecule has 0 aromatic heterocycles. The Hall–Kier alpha value is -3.03. The number of nitriles is 1. The maximum Gasteiger partial charge on any atom is 0.482 e. The highest BCUT2D eigenvalue weighted by molar-refractivity contribution is 6.48. The van der Waals surface area contributed by atoms with Crippen LogP contribution < -0.4 is 10.1 Å². The van der Waals surface area contributed by atoms with E-state index in [1.165, 1.54) is 4.90 Å². The number of likely N-dealkylation sites (N-methyl/N-ethyl adjacent to an activating group) is 1. The van der Waals surface area contributed by atoms with Crippen molar-refractivity contribution in [3.05, 3.63) is 74.8 Å². The maximum atomic E-state index is 13.3. The van der Waals surface area contributed by atoms with E-state index in [0.717, 1.165) is 18.4 Å². The number of nitrogens with zero attached hydrogens (tertiary/aromatic N) is 2. The van der Waals surface area contributed by atoms with Crippen LogP contribution in [0, 0.1) is 28.6 Å². The fraction of sp³-hybridized carbons (Fsp3) is 0.514. The molecular weight excluding hydrogens is 624 g/mol. The summed E-state index contributed by atoms with van der Waals surface area (Å²) in [5, 5.41) is 13.3. The number of hydrogen-bond acceptors (Lipinski definition) is 6. The molecule has 2 aromatic carbocycles. The van der Waals surface area contributed by atoms with Gasteiger partial charge in [-0.25, -0.2) is 0 Å². The highest BCUT2D eigenvalue weighted by Crippen LogP contribution is 2.65. The molecule has 3 saturated carbocycles. The summed E-state index contributed by atoms with van der Waals surface area (Å²) in [5.74, 6) is 0.326. The largest absolute Gasteiger partial charge is 0.490 e. The SMILES string of the molecule is CC(Cc1ccc(Cl)c(OCCC(=O)N[C@@H](Cc2ccccc2)B2O[C@@H]3C[C@@H]4C[C@@H](C4(C)C)[C@]3(C)O2)c1Cl)=C(C#N)C(=O)N(C)C. The van der Waals surface area contributed by atoms with Crippen LogP contribution in [0.4, 0.5) is 0 Å². The van der Waals surface area contributed by atoms with Crippen LogP contribution >= 0.6 is 23.2 Å². The molecule has 1 N–H and O–H groups in total. The van der Waals surface area contributed by atoms with Gasteiger partial charge >= 0.3 is 7.12 Å². The standard InChI is InChI=1S/C35H42BCl2N3O5/c1-21(25(20-39)33(43)41(5)6)16-23-12-13-26(37)32(31(23)38)44-15-14-30(42)40-29(17-22-10-8-7-9-11-22)36-45-28-19-24-18-27(34(24,2)3)35(28,4)46-36/h7-13,24,27-29H,14-19H2,1-6H3,(H,40,42)/t24-,27-,28+,29-,35-/m0/s1. The van der Waals surface area contributed by atoms with Gasteiger partial charge in [0.2, 0.25) is 5.91 Å². The Bertz CT molecular complexity index is 1560. The van der Waals surface area contributed by atoms with Crippen molar-refractivity contribution in [1.82, 2.24) is 10.2 Å². The Morgan fingerprint density at radius 1 is 1.15 bits per heavy atom. The highest BCUT2D eigenvalue weighted by atomic mass is 35.5. The predicted octanol–water partition coefficient (Wildman–Crippen LogP) is 6.23. The van der Waals surface area contributed by atoms with Gasteiger partial charge in [-0.1, -0.05) is 73.4 Å². The maximum absolute atomic E-state index is 13.3. The number of halogens is 2. The molecule has 4 aliphatic rings. The minimum atomic E-state index is -0.565. The second kappa shape index (κ2) is 13.6. The first-order valence-electron chi connectivity index (χ1n) is 15.8. The number of allylic oxidation sites excluding steroid dienone is 1. The van der Waals surface area contributed by atoms with Crippen LogP contribution in [0.1, 0.15) is 58.1 Å². The van der Waals surface area contributed by atoms with Crippen molar-refractivity contribution in [2.45, 2.75) is 77.4 Å². The van der Waals surface area contributed by atoms with E-state index in [4.69, 9.17) is 37.2 Å². The molecular formula is C35H42BCl2N3O5. The van der Waals surface area contributed by atoms with Crippen molar-refractivity contribution in [3.63, 3.8) is 0 Å². The Labute approximate surface area is 282 Å². The minimum absolute atomic E-state index is 0.00747. The number of carbonyl (C=O) groups is 2. The number of hydrogen-bond donors (Lipinski definition) is 1. The van der Waals surface area contributed by atoms with Gasteiger partial charge in [0.15, 0.2) is 5.75 Å². The third-order valence-corrected chi connectivity index (χ3v) is 11.0. The van der Waals surface area contributed by atoms with Gasteiger partial charge in [0.1, 0.15) is 11.6 Å². The van der Waals surface area contributed by atoms with E-state index in [-0.39, 0.29) is 70.7 Å². The number of ether oxygens (including phenoxy) is 1. The first-order valence-corrected chi connectivity index (χ1v) is 16.6. The third kappa shape index (κ3) is 6.68. The van der Waals surface area contributed by atoms with Gasteiger partial charge in [0.05, 0.1) is 40.7 Å². The lowest BCUT2D eigenvalue weighted by Crippen LogP contribution is -2.65. The lowest BCUT2D eigenvalue weighted by molar-refractivity contribution is -0.199. The molecule has 1 heterocycles. The van der Waals surface area contributed by atoms with Gasteiger partial charge in [0.25, 0.3) is 5.91 Å². The molecule has 11 heteroatoms. The average Bonchev–Trinajstić information content (AvgIpc) is 3.38. The molecule has 6 rings (SSSR count). The number of benzene rings is 2. The van der Waals surface area contributed by atoms with Crippen LogP contribution in [0.3, 0.4) is 0 Å². The van der Waals surface area contributed by atoms with Crippen molar-refractivity contribution in [1.29, 1.82) is 5.26 Å². The van der Waals surface area contributed by atoms with Gasteiger partial charge in [-0.3, -0.25) is 9.59 Å². The van der Waals surface area contributed by atoms with E-state index in [2.05, 4.69) is 26.1 Å². The lowest BCUT2D eigenvalue weighted by Gasteiger charge is -2.64. The first-order chi connectivity index (χ1) is 21.8. The predicted molar refractivity (Wildman–Crippen MR) is 179 cm³/mol. The molecule has 1 aliphatic heterocycles. The zero-order chi connectivity index (χ0) is 33.4. The number of amides is 2. The Morgan fingerprint density at radius 3 is 2.52 bits per heavy atom. The number of rotatable bonds is 11. The topological polar surface area (TPSA) is 101 Å². The summed E-state index contributed by atoms with van der Waals surface area (Å²) in [4.78, 5) is 27.1. The van der Waals surface area contributed by atoms with E-state index in [9.17, 15) is 14.9 Å². The van der Waals surface area contributed by atoms with Crippen LogP contribution in [0.2, 0.25) is 10.0 Å².